The summed E-state index contributed by atoms with van der Waals surface area (Å²) in [6.07, 6.45) is 7.16. The van der Waals surface area contributed by atoms with Crippen molar-refractivity contribution in [1.29, 1.82) is 0 Å². The topological polar surface area (TPSA) is 29.1 Å². The van der Waals surface area contributed by atoms with Crippen molar-refractivity contribution in [3.05, 3.63) is 55.1 Å². The van der Waals surface area contributed by atoms with Crippen molar-refractivity contribution < 1.29 is 4.79 Å². The normalized spacial score (nSPS) is 16.2. The van der Waals surface area contributed by atoms with E-state index in [0.29, 0.717) is 0 Å². The number of anilines is 1. The molecule has 124 valence electrons. The summed E-state index contributed by atoms with van der Waals surface area (Å²) in [5, 5.41) is 3.06. The number of rotatable bonds is 2. The van der Waals surface area contributed by atoms with Crippen molar-refractivity contribution in [3.8, 4) is 0 Å². The summed E-state index contributed by atoms with van der Waals surface area (Å²) in [4.78, 5) is 16.3. The molecule has 24 heavy (non-hydrogen) atoms. The van der Waals surface area contributed by atoms with Crippen LogP contribution in [-0.4, -0.2) is 5.91 Å². The predicted molar refractivity (Wildman–Crippen MR) is 105 cm³/mol. The zero-order valence-electron chi connectivity index (χ0n) is 14.1. The lowest BCUT2D eigenvalue weighted by Gasteiger charge is -2.16. The van der Waals surface area contributed by atoms with E-state index in [9.17, 15) is 4.79 Å². The molecule has 0 saturated carbocycles. The summed E-state index contributed by atoms with van der Waals surface area (Å²) in [6, 6.07) is 6.16. The van der Waals surface area contributed by atoms with Gasteiger partial charge in [-0.25, -0.2) is 0 Å². The number of carbonyl (C=O) groups is 1. The van der Waals surface area contributed by atoms with E-state index in [-0.39, 0.29) is 5.91 Å². The van der Waals surface area contributed by atoms with Gasteiger partial charge in [0, 0.05) is 21.2 Å². The zero-order valence-corrected chi connectivity index (χ0v) is 15.7. The van der Waals surface area contributed by atoms with Gasteiger partial charge in [-0.1, -0.05) is 6.07 Å². The number of amides is 1. The molecular weight excluding hydrogens is 334 g/mol. The molecule has 2 nitrogen and oxygen atoms in total. The molecule has 0 saturated heterocycles. The van der Waals surface area contributed by atoms with Gasteiger partial charge in [0.15, 0.2) is 0 Å². The van der Waals surface area contributed by atoms with Crippen LogP contribution in [0.25, 0.3) is 6.08 Å². The fourth-order valence-electron chi connectivity index (χ4n) is 3.61. The van der Waals surface area contributed by atoms with Gasteiger partial charge >= 0.3 is 0 Å². The van der Waals surface area contributed by atoms with Crippen LogP contribution in [0.3, 0.4) is 0 Å². The Kier molecular flexibility index (Phi) is 4.27. The van der Waals surface area contributed by atoms with Crippen molar-refractivity contribution in [1.82, 2.24) is 0 Å². The summed E-state index contributed by atoms with van der Waals surface area (Å²) >= 11 is 3.58. The summed E-state index contributed by atoms with van der Waals surface area (Å²) < 4.78 is 0. The van der Waals surface area contributed by atoms with Crippen LogP contribution in [0.15, 0.2) is 23.1 Å². The Morgan fingerprint density at radius 1 is 1.04 bits per heavy atom. The first-order valence-electron chi connectivity index (χ1n) is 8.48. The molecule has 0 unspecified atom stereocenters. The minimum Gasteiger partial charge on any atom is -0.322 e. The van der Waals surface area contributed by atoms with Gasteiger partial charge < -0.3 is 5.32 Å². The molecule has 1 aliphatic heterocycles. The monoisotopic (exact) mass is 355 g/mol. The Morgan fingerprint density at radius 3 is 2.58 bits per heavy atom. The van der Waals surface area contributed by atoms with E-state index in [1.165, 1.54) is 47.3 Å². The predicted octanol–water partition coefficient (Wildman–Crippen LogP) is 5.47. The lowest BCUT2D eigenvalue weighted by molar-refractivity contribution is -0.112. The summed E-state index contributed by atoms with van der Waals surface area (Å²) in [5.41, 5.74) is 6.30. The molecule has 4 rings (SSSR count). The van der Waals surface area contributed by atoms with Crippen molar-refractivity contribution >= 4 is 40.8 Å². The third kappa shape index (κ3) is 3.05. The largest absolute Gasteiger partial charge is 0.322 e. The van der Waals surface area contributed by atoms with E-state index in [4.69, 9.17) is 0 Å². The van der Waals surface area contributed by atoms with Crippen LogP contribution in [0.5, 0.6) is 0 Å². The Hall–Kier alpha value is -1.52. The van der Waals surface area contributed by atoms with E-state index in [1.807, 2.05) is 23.5 Å². The molecule has 1 aliphatic carbocycles. The first-order chi connectivity index (χ1) is 11.6. The van der Waals surface area contributed by atoms with Gasteiger partial charge in [-0.15, -0.1) is 23.1 Å². The highest BCUT2D eigenvalue weighted by molar-refractivity contribution is 8.03. The van der Waals surface area contributed by atoms with Gasteiger partial charge in [0.1, 0.15) is 0 Å². The highest BCUT2D eigenvalue weighted by Gasteiger charge is 2.25. The van der Waals surface area contributed by atoms with Gasteiger partial charge in [-0.05, 0) is 80.0 Å². The minimum absolute atomic E-state index is 0.0158. The molecule has 1 N–H and O–H groups in total. The van der Waals surface area contributed by atoms with Crippen LogP contribution >= 0.6 is 23.1 Å². The van der Waals surface area contributed by atoms with Crippen LogP contribution in [0, 0.1) is 13.8 Å². The molecule has 2 heterocycles. The van der Waals surface area contributed by atoms with E-state index in [1.54, 1.807) is 22.2 Å². The van der Waals surface area contributed by atoms with Crippen LogP contribution < -0.4 is 5.32 Å². The third-order valence-corrected chi connectivity index (χ3v) is 6.98. The van der Waals surface area contributed by atoms with Crippen LogP contribution in [0.4, 0.5) is 5.69 Å². The molecule has 1 aromatic carbocycles. The standard InChI is InChI=1S/C20H21NOS2/c1-12-7-13(2)9-14(8-12)21-20(22)19-10-18-16(11-23-19)15-5-3-4-6-17(15)24-18/h7-10H,3-6,11H2,1-2H3,(H,21,22). The lowest BCUT2D eigenvalue weighted by atomic mass is 9.95. The molecule has 0 atom stereocenters. The summed E-state index contributed by atoms with van der Waals surface area (Å²) in [7, 11) is 0. The smallest absolute Gasteiger partial charge is 0.262 e. The number of aryl methyl sites for hydroxylation is 3. The van der Waals surface area contributed by atoms with E-state index < -0.39 is 0 Å². The number of thiophene rings is 1. The Bertz CT molecular complexity index is 827. The molecule has 0 bridgehead atoms. The van der Waals surface area contributed by atoms with Crippen LogP contribution in [0.1, 0.15) is 44.8 Å². The number of hydrogen-bond acceptors (Lipinski definition) is 3. The highest BCUT2D eigenvalue weighted by atomic mass is 32.2. The van der Waals surface area contributed by atoms with E-state index in [2.05, 4.69) is 31.3 Å². The fraction of sp³-hybridized carbons (Fsp3) is 0.350. The van der Waals surface area contributed by atoms with Crippen LogP contribution in [-0.2, 0) is 23.4 Å². The van der Waals surface area contributed by atoms with Crippen molar-refractivity contribution in [3.63, 3.8) is 0 Å². The SMILES string of the molecule is Cc1cc(C)cc(NC(=O)C2=Cc3sc4c(c3CS2)CCCC4)c1. The number of hydrogen-bond donors (Lipinski definition) is 1. The molecule has 0 radical (unpaired) electrons. The second-order valence-corrected chi connectivity index (χ2v) is 8.84. The fourth-order valence-corrected chi connectivity index (χ4v) is 6.14. The molecule has 1 amide bonds. The average molecular weight is 356 g/mol. The van der Waals surface area contributed by atoms with Crippen molar-refractivity contribution in [2.75, 3.05) is 5.32 Å². The molecular formula is C20H21NOS2. The first-order valence-corrected chi connectivity index (χ1v) is 10.3. The maximum Gasteiger partial charge on any atom is 0.262 e. The van der Waals surface area contributed by atoms with Gasteiger partial charge in [-0.2, -0.15) is 0 Å². The van der Waals surface area contributed by atoms with Gasteiger partial charge in [0.25, 0.3) is 5.91 Å². The van der Waals surface area contributed by atoms with Gasteiger partial charge in [0.2, 0.25) is 0 Å². The zero-order chi connectivity index (χ0) is 16.7. The van der Waals surface area contributed by atoms with E-state index >= 15 is 0 Å². The third-order valence-electron chi connectivity index (χ3n) is 4.65. The number of thioether (sulfide) groups is 1. The van der Waals surface area contributed by atoms with Crippen molar-refractivity contribution in [2.45, 2.75) is 45.3 Å². The Morgan fingerprint density at radius 2 is 1.79 bits per heavy atom. The Balaban J connectivity index is 1.58. The Labute approximate surface area is 151 Å². The molecule has 2 aromatic rings. The van der Waals surface area contributed by atoms with Gasteiger partial charge in [0.05, 0.1) is 4.91 Å². The highest BCUT2D eigenvalue weighted by Crippen LogP contribution is 2.42. The lowest BCUT2D eigenvalue weighted by Crippen LogP contribution is -2.14. The second-order valence-electron chi connectivity index (χ2n) is 6.68. The minimum atomic E-state index is 0.0158. The first kappa shape index (κ1) is 16.0. The molecule has 0 fully saturated rings. The van der Waals surface area contributed by atoms with E-state index in [0.717, 1.165) is 16.3 Å². The summed E-state index contributed by atoms with van der Waals surface area (Å²) in [6.45, 7) is 4.11. The van der Waals surface area contributed by atoms with Gasteiger partial charge in [-0.3, -0.25) is 4.79 Å². The quantitative estimate of drug-likeness (QED) is 0.774. The molecule has 1 aromatic heterocycles. The molecule has 2 aliphatic rings. The second kappa shape index (κ2) is 6.41. The van der Waals surface area contributed by atoms with Crippen molar-refractivity contribution in [2.24, 2.45) is 0 Å². The number of carbonyl (C=O) groups excluding carboxylic acids is 1. The number of fused-ring (bicyclic) bond motifs is 3. The van der Waals surface area contributed by atoms with Crippen LogP contribution in [0.2, 0.25) is 0 Å². The maximum absolute atomic E-state index is 12.6. The average Bonchev–Trinajstić information content (AvgIpc) is 2.91. The molecule has 4 heteroatoms. The molecule has 0 spiro atoms. The summed E-state index contributed by atoms with van der Waals surface area (Å²) in [5.74, 6) is 0.954. The maximum atomic E-state index is 12.6. The number of benzene rings is 1. The number of nitrogens with one attached hydrogen (secondary N) is 1.